The summed E-state index contributed by atoms with van der Waals surface area (Å²) in [5.74, 6) is 2.61. The summed E-state index contributed by atoms with van der Waals surface area (Å²) in [6, 6.07) is 8.77. The summed E-state index contributed by atoms with van der Waals surface area (Å²) in [6.07, 6.45) is 1.16. The standard InChI is InChI=1S/C16H25NOS/c1-13(2)7-9-18-10-8-17-11-14-12-19-16-6-4-3-5-15(14)16/h3-6,13-14,17H,7-12H2,1-2H3. The Kier molecular flexibility index (Phi) is 6.21. The van der Waals surface area contributed by atoms with E-state index in [-0.39, 0.29) is 0 Å². The smallest absolute Gasteiger partial charge is 0.0590 e. The molecule has 0 fully saturated rings. The number of hydrogen-bond acceptors (Lipinski definition) is 3. The van der Waals surface area contributed by atoms with E-state index in [2.05, 4.69) is 43.4 Å². The monoisotopic (exact) mass is 279 g/mol. The fourth-order valence-electron chi connectivity index (χ4n) is 2.24. The highest BCUT2D eigenvalue weighted by Gasteiger charge is 2.21. The second kappa shape index (κ2) is 7.93. The van der Waals surface area contributed by atoms with E-state index < -0.39 is 0 Å². The first-order valence-corrected chi connectivity index (χ1v) is 8.26. The molecule has 2 rings (SSSR count). The molecule has 0 saturated heterocycles. The summed E-state index contributed by atoms with van der Waals surface area (Å²) in [4.78, 5) is 1.46. The molecule has 1 atom stereocenters. The van der Waals surface area contributed by atoms with Gasteiger partial charge in [0.1, 0.15) is 0 Å². The molecule has 1 aromatic carbocycles. The van der Waals surface area contributed by atoms with Gasteiger partial charge in [0.25, 0.3) is 0 Å². The number of rotatable bonds is 8. The summed E-state index contributed by atoms with van der Waals surface area (Å²) in [5.41, 5.74) is 1.51. The first kappa shape index (κ1) is 14.9. The zero-order chi connectivity index (χ0) is 13.5. The zero-order valence-corrected chi connectivity index (χ0v) is 12.8. The molecular weight excluding hydrogens is 254 g/mol. The number of ether oxygens (including phenoxy) is 1. The number of thioether (sulfide) groups is 1. The topological polar surface area (TPSA) is 21.3 Å². The van der Waals surface area contributed by atoms with Crippen molar-refractivity contribution in [2.24, 2.45) is 5.92 Å². The van der Waals surface area contributed by atoms with Crippen molar-refractivity contribution in [1.29, 1.82) is 0 Å². The largest absolute Gasteiger partial charge is 0.380 e. The first-order valence-electron chi connectivity index (χ1n) is 7.27. The molecule has 2 nitrogen and oxygen atoms in total. The lowest BCUT2D eigenvalue weighted by molar-refractivity contribution is 0.125. The number of benzene rings is 1. The second-order valence-electron chi connectivity index (χ2n) is 5.54. The van der Waals surface area contributed by atoms with Gasteiger partial charge in [-0.25, -0.2) is 0 Å². The van der Waals surface area contributed by atoms with Gasteiger partial charge in [-0.05, 0) is 24.0 Å². The zero-order valence-electron chi connectivity index (χ0n) is 12.0. The third-order valence-electron chi connectivity index (χ3n) is 3.45. The average molecular weight is 279 g/mol. The van der Waals surface area contributed by atoms with Crippen LogP contribution in [-0.2, 0) is 4.74 Å². The van der Waals surface area contributed by atoms with Crippen molar-refractivity contribution in [3.8, 4) is 0 Å². The van der Waals surface area contributed by atoms with Crippen LogP contribution < -0.4 is 5.32 Å². The van der Waals surface area contributed by atoms with E-state index in [0.717, 1.165) is 38.6 Å². The van der Waals surface area contributed by atoms with Gasteiger partial charge in [-0.15, -0.1) is 11.8 Å². The van der Waals surface area contributed by atoms with E-state index >= 15 is 0 Å². The molecule has 1 aliphatic rings. The number of nitrogens with one attached hydrogen (secondary N) is 1. The lowest BCUT2D eigenvalue weighted by Gasteiger charge is -2.12. The molecule has 0 aromatic heterocycles. The molecule has 1 unspecified atom stereocenters. The maximum atomic E-state index is 5.61. The minimum absolute atomic E-state index is 0.664. The molecule has 0 radical (unpaired) electrons. The third-order valence-corrected chi connectivity index (χ3v) is 4.70. The maximum absolute atomic E-state index is 5.61. The van der Waals surface area contributed by atoms with Crippen LogP contribution in [0.3, 0.4) is 0 Å². The molecule has 106 valence electrons. The fraction of sp³-hybridized carbons (Fsp3) is 0.625. The van der Waals surface area contributed by atoms with Gasteiger partial charge in [0.05, 0.1) is 6.61 Å². The van der Waals surface area contributed by atoms with Crippen LogP contribution in [0.4, 0.5) is 0 Å². The van der Waals surface area contributed by atoms with Gasteiger partial charge in [0.15, 0.2) is 0 Å². The van der Waals surface area contributed by atoms with E-state index in [9.17, 15) is 0 Å². The van der Waals surface area contributed by atoms with E-state index in [1.807, 2.05) is 11.8 Å². The molecule has 0 aliphatic carbocycles. The lowest BCUT2D eigenvalue weighted by atomic mass is 10.0. The normalized spacial score (nSPS) is 17.9. The van der Waals surface area contributed by atoms with Crippen LogP contribution in [0, 0.1) is 5.92 Å². The molecule has 0 spiro atoms. The predicted molar refractivity (Wildman–Crippen MR) is 83.1 cm³/mol. The predicted octanol–water partition coefficient (Wildman–Crippen LogP) is 3.53. The quantitative estimate of drug-likeness (QED) is 0.736. The molecular formula is C16H25NOS. The molecule has 3 heteroatoms. The molecule has 0 bridgehead atoms. The Morgan fingerprint density at radius 2 is 2.16 bits per heavy atom. The number of hydrogen-bond donors (Lipinski definition) is 1. The van der Waals surface area contributed by atoms with E-state index in [1.54, 1.807) is 0 Å². The average Bonchev–Trinajstić information content (AvgIpc) is 2.81. The lowest BCUT2D eigenvalue weighted by Crippen LogP contribution is -2.25. The van der Waals surface area contributed by atoms with Crippen molar-refractivity contribution in [2.75, 3.05) is 32.1 Å². The third kappa shape index (κ3) is 4.83. The van der Waals surface area contributed by atoms with E-state index in [1.165, 1.54) is 16.2 Å². The van der Waals surface area contributed by atoms with Crippen molar-refractivity contribution in [3.63, 3.8) is 0 Å². The van der Waals surface area contributed by atoms with E-state index in [4.69, 9.17) is 4.74 Å². The van der Waals surface area contributed by atoms with Crippen molar-refractivity contribution < 1.29 is 4.74 Å². The van der Waals surface area contributed by atoms with Crippen LogP contribution in [-0.4, -0.2) is 32.1 Å². The molecule has 1 N–H and O–H groups in total. The number of fused-ring (bicyclic) bond motifs is 1. The molecule has 19 heavy (non-hydrogen) atoms. The summed E-state index contributed by atoms with van der Waals surface area (Å²) < 4.78 is 5.61. The van der Waals surface area contributed by atoms with Crippen LogP contribution in [0.25, 0.3) is 0 Å². The Bertz CT molecular complexity index is 381. The van der Waals surface area contributed by atoms with Gasteiger partial charge in [-0.1, -0.05) is 32.0 Å². The summed E-state index contributed by atoms with van der Waals surface area (Å²) in [7, 11) is 0. The van der Waals surface area contributed by atoms with Gasteiger partial charge >= 0.3 is 0 Å². The minimum atomic E-state index is 0.664. The Morgan fingerprint density at radius 1 is 1.32 bits per heavy atom. The van der Waals surface area contributed by atoms with Crippen molar-refractivity contribution in [1.82, 2.24) is 5.32 Å². The molecule has 1 aliphatic heterocycles. The van der Waals surface area contributed by atoms with Gasteiger partial charge < -0.3 is 10.1 Å². The highest BCUT2D eigenvalue weighted by atomic mass is 32.2. The van der Waals surface area contributed by atoms with Crippen LogP contribution in [0.1, 0.15) is 31.7 Å². The van der Waals surface area contributed by atoms with Crippen molar-refractivity contribution >= 4 is 11.8 Å². The van der Waals surface area contributed by atoms with E-state index in [0.29, 0.717) is 5.92 Å². The highest BCUT2D eigenvalue weighted by Crippen LogP contribution is 2.38. The van der Waals surface area contributed by atoms with Crippen molar-refractivity contribution in [3.05, 3.63) is 29.8 Å². The Hall–Kier alpha value is -0.510. The molecule has 1 aromatic rings. The first-order chi connectivity index (χ1) is 9.27. The van der Waals surface area contributed by atoms with Gasteiger partial charge in [-0.2, -0.15) is 0 Å². The van der Waals surface area contributed by atoms with Crippen LogP contribution in [0.2, 0.25) is 0 Å². The summed E-state index contributed by atoms with van der Waals surface area (Å²) in [5, 5.41) is 3.52. The fourth-order valence-corrected chi connectivity index (χ4v) is 3.49. The Morgan fingerprint density at radius 3 is 3.00 bits per heavy atom. The van der Waals surface area contributed by atoms with Gasteiger partial charge in [0.2, 0.25) is 0 Å². The molecule has 0 amide bonds. The van der Waals surface area contributed by atoms with Gasteiger partial charge in [0, 0.05) is 36.3 Å². The van der Waals surface area contributed by atoms with Gasteiger partial charge in [-0.3, -0.25) is 0 Å². The Labute approximate surface area is 121 Å². The van der Waals surface area contributed by atoms with Crippen molar-refractivity contribution in [2.45, 2.75) is 31.1 Å². The molecule has 1 heterocycles. The van der Waals surface area contributed by atoms with Crippen LogP contribution >= 0.6 is 11.8 Å². The summed E-state index contributed by atoms with van der Waals surface area (Å²) in [6.45, 7) is 8.21. The van der Waals surface area contributed by atoms with Crippen LogP contribution in [0.5, 0.6) is 0 Å². The Balaban J connectivity index is 1.57. The minimum Gasteiger partial charge on any atom is -0.380 e. The summed E-state index contributed by atoms with van der Waals surface area (Å²) >= 11 is 1.98. The molecule has 0 saturated carbocycles. The SMILES string of the molecule is CC(C)CCOCCNCC1CSc2ccccc21. The maximum Gasteiger partial charge on any atom is 0.0590 e. The second-order valence-corrected chi connectivity index (χ2v) is 6.61. The van der Waals surface area contributed by atoms with Crippen LogP contribution in [0.15, 0.2) is 29.2 Å². The highest BCUT2D eigenvalue weighted by molar-refractivity contribution is 7.99.